The van der Waals surface area contributed by atoms with Gasteiger partial charge in [0.15, 0.2) is 4.67 Å². The highest BCUT2D eigenvalue weighted by molar-refractivity contribution is 9.10. The number of esters is 1. The fourth-order valence-electron chi connectivity index (χ4n) is 1.22. The van der Waals surface area contributed by atoms with Crippen molar-refractivity contribution in [2.75, 3.05) is 0 Å². The Kier molecular flexibility index (Phi) is 3.26. The van der Waals surface area contributed by atoms with E-state index >= 15 is 0 Å². The Morgan fingerprint density at radius 1 is 1.29 bits per heavy atom. The molecular weight excluding hydrogens is 286 g/mol. The number of hydrogen-bond acceptors (Lipinski definition) is 4. The summed E-state index contributed by atoms with van der Waals surface area (Å²) in [5, 5.41) is 8.83. The molecule has 0 saturated heterocycles. The zero-order valence-corrected chi connectivity index (χ0v) is 10.1. The first-order valence-corrected chi connectivity index (χ1v) is 5.46. The Hall–Kier alpha value is -2.06. The van der Waals surface area contributed by atoms with Gasteiger partial charge in [0.1, 0.15) is 11.8 Å². The predicted octanol–water partition coefficient (Wildman–Crippen LogP) is 3.13. The average molecular weight is 292 g/mol. The summed E-state index contributed by atoms with van der Waals surface area (Å²) in [4.78, 5) is 11.6. The smallest absolute Gasteiger partial charge is 0.379 e. The highest BCUT2D eigenvalue weighted by Gasteiger charge is 2.14. The van der Waals surface area contributed by atoms with E-state index in [-0.39, 0.29) is 11.5 Å². The standard InChI is InChI=1S/C12H6BrNO3/c13-11-6-5-10(16-11)12(15)17-9-4-2-1-3-8(9)7-14/h1-6H. The topological polar surface area (TPSA) is 63.2 Å². The third-order valence-corrected chi connectivity index (χ3v) is 2.41. The number of carbonyl (C=O) groups excluding carboxylic acids is 1. The second kappa shape index (κ2) is 4.85. The summed E-state index contributed by atoms with van der Waals surface area (Å²) in [7, 11) is 0. The molecule has 0 N–H and O–H groups in total. The first-order valence-electron chi connectivity index (χ1n) is 4.67. The van der Waals surface area contributed by atoms with Crippen LogP contribution in [0.4, 0.5) is 0 Å². The van der Waals surface area contributed by atoms with Gasteiger partial charge in [-0.3, -0.25) is 0 Å². The molecule has 0 bridgehead atoms. The van der Waals surface area contributed by atoms with Crippen LogP contribution < -0.4 is 4.74 Å². The molecule has 0 aliphatic carbocycles. The molecule has 1 heterocycles. The average Bonchev–Trinajstić information content (AvgIpc) is 2.77. The largest absolute Gasteiger partial charge is 0.442 e. The van der Waals surface area contributed by atoms with E-state index in [0.717, 1.165) is 0 Å². The molecule has 4 nitrogen and oxygen atoms in total. The SMILES string of the molecule is N#Cc1ccccc1OC(=O)c1ccc(Br)o1. The van der Waals surface area contributed by atoms with Gasteiger partial charge in [-0.05, 0) is 40.2 Å². The molecular formula is C12H6BrNO3. The lowest BCUT2D eigenvalue weighted by Gasteiger charge is -2.03. The minimum Gasteiger partial charge on any atom is -0.442 e. The molecule has 0 unspecified atom stereocenters. The molecule has 0 fully saturated rings. The van der Waals surface area contributed by atoms with Crippen LogP contribution in [0.1, 0.15) is 16.1 Å². The molecule has 0 saturated carbocycles. The monoisotopic (exact) mass is 291 g/mol. The van der Waals surface area contributed by atoms with Gasteiger partial charge in [-0.25, -0.2) is 4.79 Å². The van der Waals surface area contributed by atoms with Crippen LogP contribution in [0.15, 0.2) is 45.5 Å². The number of furan rings is 1. The number of carbonyl (C=O) groups is 1. The highest BCUT2D eigenvalue weighted by Crippen LogP contribution is 2.20. The van der Waals surface area contributed by atoms with Crippen LogP contribution >= 0.6 is 15.9 Å². The van der Waals surface area contributed by atoms with Crippen molar-refractivity contribution in [3.63, 3.8) is 0 Å². The van der Waals surface area contributed by atoms with Gasteiger partial charge in [0, 0.05) is 0 Å². The van der Waals surface area contributed by atoms with Crippen molar-refractivity contribution in [1.29, 1.82) is 5.26 Å². The van der Waals surface area contributed by atoms with E-state index in [9.17, 15) is 4.79 Å². The molecule has 0 amide bonds. The van der Waals surface area contributed by atoms with Gasteiger partial charge in [-0.15, -0.1) is 0 Å². The summed E-state index contributed by atoms with van der Waals surface area (Å²) < 4.78 is 10.6. The summed E-state index contributed by atoms with van der Waals surface area (Å²) in [6, 6.07) is 11.5. The van der Waals surface area contributed by atoms with Crippen LogP contribution in [-0.2, 0) is 0 Å². The van der Waals surface area contributed by atoms with Crippen molar-refractivity contribution in [2.45, 2.75) is 0 Å². The molecule has 0 radical (unpaired) electrons. The molecule has 2 rings (SSSR count). The lowest BCUT2D eigenvalue weighted by atomic mass is 10.2. The quantitative estimate of drug-likeness (QED) is 0.630. The third-order valence-electron chi connectivity index (χ3n) is 1.98. The summed E-state index contributed by atoms with van der Waals surface area (Å²) in [6.07, 6.45) is 0. The number of halogens is 1. The Morgan fingerprint density at radius 3 is 2.71 bits per heavy atom. The van der Waals surface area contributed by atoms with Crippen LogP contribution in [0, 0.1) is 11.3 Å². The van der Waals surface area contributed by atoms with Crippen LogP contribution in [0.5, 0.6) is 5.75 Å². The van der Waals surface area contributed by atoms with E-state index in [2.05, 4.69) is 15.9 Å². The Labute approximate surface area is 106 Å². The molecule has 0 atom stereocenters. The molecule has 5 heteroatoms. The zero-order valence-electron chi connectivity index (χ0n) is 8.51. The third kappa shape index (κ3) is 2.55. The Bertz CT molecular complexity index is 598. The number of nitriles is 1. The number of hydrogen-bond donors (Lipinski definition) is 0. The predicted molar refractivity (Wildman–Crippen MR) is 62.5 cm³/mol. The second-order valence-corrected chi connectivity index (χ2v) is 3.88. The number of ether oxygens (including phenoxy) is 1. The minimum absolute atomic E-state index is 0.0737. The fraction of sp³-hybridized carbons (Fsp3) is 0. The van der Waals surface area contributed by atoms with E-state index in [1.165, 1.54) is 6.07 Å². The summed E-state index contributed by atoms with van der Waals surface area (Å²) in [6.45, 7) is 0. The van der Waals surface area contributed by atoms with E-state index in [1.807, 2.05) is 6.07 Å². The van der Waals surface area contributed by atoms with Crippen molar-refractivity contribution in [1.82, 2.24) is 0 Å². The van der Waals surface area contributed by atoms with Gasteiger partial charge in [-0.2, -0.15) is 5.26 Å². The van der Waals surface area contributed by atoms with Gasteiger partial charge in [0.25, 0.3) is 0 Å². The normalized spacial score (nSPS) is 9.65. The van der Waals surface area contributed by atoms with Crippen LogP contribution in [0.25, 0.3) is 0 Å². The lowest BCUT2D eigenvalue weighted by molar-refractivity contribution is 0.0699. The summed E-state index contributed by atoms with van der Waals surface area (Å²) >= 11 is 3.09. The maximum atomic E-state index is 11.6. The molecule has 84 valence electrons. The van der Waals surface area contributed by atoms with Crippen LogP contribution in [0.2, 0.25) is 0 Å². The lowest BCUT2D eigenvalue weighted by Crippen LogP contribution is -2.08. The van der Waals surface area contributed by atoms with E-state index in [1.54, 1.807) is 30.3 Å². The molecule has 0 aliphatic rings. The minimum atomic E-state index is -0.640. The number of benzene rings is 1. The maximum Gasteiger partial charge on any atom is 0.379 e. The van der Waals surface area contributed by atoms with Gasteiger partial charge in [-0.1, -0.05) is 12.1 Å². The summed E-state index contributed by atoms with van der Waals surface area (Å²) in [5.41, 5.74) is 0.298. The highest BCUT2D eigenvalue weighted by atomic mass is 79.9. The number of para-hydroxylation sites is 1. The van der Waals surface area contributed by atoms with Crippen molar-refractivity contribution in [3.05, 3.63) is 52.4 Å². The molecule has 1 aromatic carbocycles. The van der Waals surface area contributed by atoms with Gasteiger partial charge < -0.3 is 9.15 Å². The van der Waals surface area contributed by atoms with Crippen LogP contribution in [0.3, 0.4) is 0 Å². The Balaban J connectivity index is 2.22. The van der Waals surface area contributed by atoms with E-state index < -0.39 is 5.97 Å². The van der Waals surface area contributed by atoms with Crippen molar-refractivity contribution in [3.8, 4) is 11.8 Å². The molecule has 17 heavy (non-hydrogen) atoms. The van der Waals surface area contributed by atoms with Crippen molar-refractivity contribution < 1.29 is 13.9 Å². The van der Waals surface area contributed by atoms with Gasteiger partial charge in [0.05, 0.1) is 5.56 Å². The fourth-order valence-corrected chi connectivity index (χ4v) is 1.53. The van der Waals surface area contributed by atoms with Gasteiger partial charge >= 0.3 is 5.97 Å². The first-order chi connectivity index (χ1) is 8.20. The van der Waals surface area contributed by atoms with Gasteiger partial charge in [0.2, 0.25) is 5.76 Å². The first kappa shape index (κ1) is 11.4. The Morgan fingerprint density at radius 2 is 2.06 bits per heavy atom. The molecule has 0 aliphatic heterocycles. The molecule has 0 spiro atoms. The number of nitrogens with zero attached hydrogens (tertiary/aromatic N) is 1. The number of rotatable bonds is 2. The maximum absolute atomic E-state index is 11.6. The molecule has 2 aromatic rings. The van der Waals surface area contributed by atoms with E-state index in [0.29, 0.717) is 10.2 Å². The molecule has 1 aromatic heterocycles. The zero-order chi connectivity index (χ0) is 12.3. The van der Waals surface area contributed by atoms with E-state index in [4.69, 9.17) is 14.4 Å². The van der Waals surface area contributed by atoms with Crippen molar-refractivity contribution in [2.24, 2.45) is 0 Å². The van der Waals surface area contributed by atoms with Crippen molar-refractivity contribution >= 4 is 21.9 Å². The summed E-state index contributed by atoms with van der Waals surface area (Å²) in [5.74, 6) is -0.351. The van der Waals surface area contributed by atoms with Crippen LogP contribution in [-0.4, -0.2) is 5.97 Å². The second-order valence-electron chi connectivity index (χ2n) is 3.10.